The molecule has 5 nitrogen and oxygen atoms in total. The maximum atomic E-state index is 14.1. The molecule has 1 saturated heterocycles. The van der Waals surface area contributed by atoms with E-state index in [0.717, 1.165) is 34.2 Å². The molecule has 172 valence electrons. The molecule has 0 radical (unpaired) electrons. The fourth-order valence-electron chi connectivity index (χ4n) is 4.59. The largest absolute Gasteiger partial charge is 0.497 e. The lowest BCUT2D eigenvalue weighted by molar-refractivity contribution is 0.414. The Morgan fingerprint density at radius 1 is 0.971 bits per heavy atom. The molecule has 1 fully saturated rings. The summed E-state index contributed by atoms with van der Waals surface area (Å²) in [4.78, 5) is 6.69. The van der Waals surface area contributed by atoms with Crippen LogP contribution in [0.4, 0.5) is 10.1 Å². The molecule has 2 atom stereocenters. The average Bonchev–Trinajstić information content (AvgIpc) is 3.40. The minimum absolute atomic E-state index is 0.189. The van der Waals surface area contributed by atoms with E-state index < -0.39 is 0 Å². The molecule has 5 rings (SSSR count). The first-order chi connectivity index (χ1) is 16.5. The molecule has 34 heavy (non-hydrogen) atoms. The van der Waals surface area contributed by atoms with Crippen LogP contribution < -0.4 is 15.0 Å². The van der Waals surface area contributed by atoms with Gasteiger partial charge in [-0.15, -0.1) is 0 Å². The van der Waals surface area contributed by atoms with Gasteiger partial charge in [-0.05, 0) is 98.4 Å². The Hall–Kier alpha value is -3.71. The number of aryl methyl sites for hydroxylation is 2. The summed E-state index contributed by atoms with van der Waals surface area (Å²) in [5.74, 6) is 0.561. The van der Waals surface area contributed by atoms with E-state index in [-0.39, 0.29) is 17.9 Å². The Bertz CT molecular complexity index is 1340. The average molecular weight is 473 g/mol. The van der Waals surface area contributed by atoms with Crippen molar-refractivity contribution in [2.45, 2.75) is 25.9 Å². The zero-order chi connectivity index (χ0) is 23.8. The minimum Gasteiger partial charge on any atom is -0.497 e. The Kier molecular flexibility index (Phi) is 5.79. The molecule has 4 aromatic rings. The van der Waals surface area contributed by atoms with Crippen molar-refractivity contribution in [3.05, 3.63) is 107 Å². The van der Waals surface area contributed by atoms with Crippen molar-refractivity contribution < 1.29 is 9.13 Å². The van der Waals surface area contributed by atoms with Gasteiger partial charge in [-0.3, -0.25) is 4.98 Å². The Balaban J connectivity index is 1.69. The highest BCUT2D eigenvalue weighted by molar-refractivity contribution is 7.80. The number of nitrogens with zero attached hydrogens (tertiary/aromatic N) is 3. The zero-order valence-electron chi connectivity index (χ0n) is 19.2. The molecule has 1 aliphatic heterocycles. The molecule has 0 bridgehead atoms. The van der Waals surface area contributed by atoms with Gasteiger partial charge in [0.05, 0.1) is 18.8 Å². The van der Waals surface area contributed by atoms with E-state index in [1.54, 1.807) is 26.3 Å². The monoisotopic (exact) mass is 472 g/mol. The summed E-state index contributed by atoms with van der Waals surface area (Å²) >= 11 is 5.82. The molecule has 1 N–H and O–H groups in total. The quantitative estimate of drug-likeness (QED) is 0.371. The summed E-state index contributed by atoms with van der Waals surface area (Å²) in [5.41, 5.74) is 5.45. The molecular weight excluding hydrogens is 447 g/mol. The van der Waals surface area contributed by atoms with Crippen LogP contribution in [0.2, 0.25) is 0 Å². The molecule has 2 aromatic carbocycles. The summed E-state index contributed by atoms with van der Waals surface area (Å²) in [6.45, 7) is 3.84. The number of methoxy groups -OCH3 is 1. The van der Waals surface area contributed by atoms with Crippen molar-refractivity contribution in [3.8, 4) is 11.4 Å². The highest BCUT2D eigenvalue weighted by Crippen LogP contribution is 2.43. The topological polar surface area (TPSA) is 42.3 Å². The third-order valence-corrected chi connectivity index (χ3v) is 6.57. The first-order valence-corrected chi connectivity index (χ1v) is 11.5. The highest BCUT2D eigenvalue weighted by Gasteiger charge is 2.42. The molecule has 3 heterocycles. The fraction of sp³-hybridized carbons (Fsp3) is 0.185. The molecule has 0 saturated carbocycles. The summed E-state index contributed by atoms with van der Waals surface area (Å²) in [7, 11) is 1.66. The van der Waals surface area contributed by atoms with E-state index in [1.165, 1.54) is 6.07 Å². The second kappa shape index (κ2) is 8.91. The number of anilines is 1. The van der Waals surface area contributed by atoms with Crippen molar-refractivity contribution in [3.63, 3.8) is 0 Å². The van der Waals surface area contributed by atoms with Crippen molar-refractivity contribution >= 4 is 23.0 Å². The minimum atomic E-state index is -0.239. The molecule has 2 aromatic heterocycles. The van der Waals surface area contributed by atoms with Gasteiger partial charge in [-0.25, -0.2) is 4.39 Å². The molecular formula is C27H25FN4OS. The van der Waals surface area contributed by atoms with Gasteiger partial charge in [0.1, 0.15) is 17.6 Å². The van der Waals surface area contributed by atoms with E-state index in [0.29, 0.717) is 10.7 Å². The molecule has 0 spiro atoms. The Morgan fingerprint density at radius 3 is 2.41 bits per heavy atom. The number of aromatic nitrogens is 2. The summed E-state index contributed by atoms with van der Waals surface area (Å²) < 4.78 is 21.7. The number of hydrogen-bond donors (Lipinski definition) is 1. The van der Waals surface area contributed by atoms with Crippen LogP contribution in [-0.4, -0.2) is 21.8 Å². The first-order valence-electron chi connectivity index (χ1n) is 11.1. The van der Waals surface area contributed by atoms with Crippen LogP contribution in [-0.2, 0) is 0 Å². The smallest absolute Gasteiger partial charge is 0.174 e. The maximum Gasteiger partial charge on any atom is 0.174 e. The third kappa shape index (κ3) is 3.82. The van der Waals surface area contributed by atoms with Crippen molar-refractivity contribution in [1.29, 1.82) is 0 Å². The van der Waals surface area contributed by atoms with Crippen molar-refractivity contribution in [2.75, 3.05) is 12.0 Å². The predicted octanol–water partition coefficient (Wildman–Crippen LogP) is 5.81. The number of halogens is 1. The normalized spacial score (nSPS) is 17.6. The Morgan fingerprint density at radius 2 is 1.74 bits per heavy atom. The van der Waals surface area contributed by atoms with Gasteiger partial charge in [0.15, 0.2) is 5.11 Å². The number of nitrogens with one attached hydrogen (secondary N) is 1. The van der Waals surface area contributed by atoms with Gasteiger partial charge in [0.2, 0.25) is 0 Å². The van der Waals surface area contributed by atoms with Crippen molar-refractivity contribution in [2.24, 2.45) is 0 Å². The summed E-state index contributed by atoms with van der Waals surface area (Å²) in [6, 6.07) is 22.8. The molecule has 2 unspecified atom stereocenters. The zero-order valence-corrected chi connectivity index (χ0v) is 20.0. The molecule has 0 aliphatic carbocycles. The molecule has 1 aliphatic rings. The lowest BCUT2D eigenvalue weighted by Gasteiger charge is -2.29. The predicted molar refractivity (Wildman–Crippen MR) is 136 cm³/mol. The standard InChI is InChI=1S/C27H25FN4OS/c1-17-16-20(10-13-22(17)28)32-26(25(30-27(32)34)23-6-4-5-15-29-23)24-14-7-18(2)31(24)19-8-11-21(33-3)12-9-19/h4-16,25-26H,1-3H3,(H,30,34). The molecule has 7 heteroatoms. The van der Waals surface area contributed by atoms with Crippen LogP contribution in [0.3, 0.4) is 0 Å². The van der Waals surface area contributed by atoms with E-state index in [9.17, 15) is 4.39 Å². The number of hydrogen-bond acceptors (Lipinski definition) is 3. The second-order valence-corrected chi connectivity index (χ2v) is 8.75. The number of rotatable bonds is 5. The first kappa shape index (κ1) is 22.1. The van der Waals surface area contributed by atoms with Gasteiger partial charge < -0.3 is 19.5 Å². The second-order valence-electron chi connectivity index (χ2n) is 8.36. The van der Waals surface area contributed by atoms with Gasteiger partial charge in [0, 0.05) is 29.0 Å². The lowest BCUT2D eigenvalue weighted by atomic mass is 10.0. The van der Waals surface area contributed by atoms with Gasteiger partial charge in [-0.1, -0.05) is 6.07 Å². The van der Waals surface area contributed by atoms with Crippen molar-refractivity contribution in [1.82, 2.24) is 14.9 Å². The van der Waals surface area contributed by atoms with Crippen LogP contribution >= 0.6 is 12.2 Å². The SMILES string of the molecule is COc1ccc(-n2c(C)ccc2C2C(c3ccccn3)NC(=S)N2c2ccc(F)c(C)c2)cc1. The van der Waals surface area contributed by atoms with Gasteiger partial charge in [0.25, 0.3) is 0 Å². The van der Waals surface area contributed by atoms with E-state index in [2.05, 4.69) is 38.8 Å². The van der Waals surface area contributed by atoms with E-state index in [4.69, 9.17) is 17.0 Å². The fourth-order valence-corrected chi connectivity index (χ4v) is 4.93. The number of thiocarbonyl (C=S) groups is 1. The van der Waals surface area contributed by atoms with Crippen LogP contribution in [0.1, 0.15) is 34.7 Å². The van der Waals surface area contributed by atoms with Crippen LogP contribution in [0, 0.1) is 19.7 Å². The molecule has 0 amide bonds. The van der Waals surface area contributed by atoms with E-state index in [1.807, 2.05) is 48.5 Å². The van der Waals surface area contributed by atoms with Gasteiger partial charge >= 0.3 is 0 Å². The maximum absolute atomic E-state index is 14.1. The number of ether oxygens (including phenoxy) is 1. The number of pyridine rings is 1. The third-order valence-electron chi connectivity index (χ3n) is 6.26. The Labute approximate surface area is 203 Å². The van der Waals surface area contributed by atoms with Crippen LogP contribution in [0.15, 0.2) is 79.0 Å². The summed E-state index contributed by atoms with van der Waals surface area (Å²) in [5, 5.41) is 4.05. The van der Waals surface area contributed by atoms with Gasteiger partial charge in [-0.2, -0.15) is 0 Å². The lowest BCUT2D eigenvalue weighted by Crippen LogP contribution is -2.30. The van der Waals surface area contributed by atoms with E-state index >= 15 is 0 Å². The highest BCUT2D eigenvalue weighted by atomic mass is 32.1. The summed E-state index contributed by atoms with van der Waals surface area (Å²) in [6.07, 6.45) is 1.79. The van der Waals surface area contributed by atoms with Crippen LogP contribution in [0.25, 0.3) is 5.69 Å². The van der Waals surface area contributed by atoms with Crippen LogP contribution in [0.5, 0.6) is 5.75 Å². The number of benzene rings is 2.